The molecule has 5 rings (SSSR count). The number of H-pyrrole nitrogens is 1. The van der Waals surface area contributed by atoms with E-state index in [-0.39, 0.29) is 18.5 Å². The second-order valence-electron chi connectivity index (χ2n) is 6.69. The Morgan fingerprint density at radius 3 is 2.77 bits per heavy atom. The van der Waals surface area contributed by atoms with Crippen molar-refractivity contribution >= 4 is 45.3 Å². The molecule has 0 fully saturated rings. The number of nitrogens with zero attached hydrogens (tertiary/aromatic N) is 2. The summed E-state index contributed by atoms with van der Waals surface area (Å²) < 4.78 is 21.4. The Morgan fingerprint density at radius 1 is 1.13 bits per heavy atom. The van der Waals surface area contributed by atoms with Crippen LogP contribution in [0.1, 0.15) is 0 Å². The van der Waals surface area contributed by atoms with Crippen molar-refractivity contribution in [3.63, 3.8) is 0 Å². The van der Waals surface area contributed by atoms with Gasteiger partial charge in [0.2, 0.25) is 12.7 Å². The Kier molecular flexibility index (Phi) is 4.91. The number of thioether (sulfide) groups is 1. The van der Waals surface area contributed by atoms with Crippen molar-refractivity contribution in [3.05, 3.63) is 36.7 Å². The van der Waals surface area contributed by atoms with Gasteiger partial charge in [-0.15, -0.1) is 0 Å². The number of amides is 1. The molecule has 0 bridgehead atoms. The second-order valence-corrected chi connectivity index (χ2v) is 7.65. The lowest BCUT2D eigenvalue weighted by Gasteiger charge is -2.06. The maximum atomic E-state index is 12.5. The summed E-state index contributed by atoms with van der Waals surface area (Å²) in [5, 5.41) is 4.44. The van der Waals surface area contributed by atoms with Crippen molar-refractivity contribution in [2.75, 3.05) is 32.1 Å². The van der Waals surface area contributed by atoms with E-state index >= 15 is 0 Å². The molecular weight excluding hydrogens is 420 g/mol. The number of nitrogens with one attached hydrogen (secondary N) is 2. The fourth-order valence-electron chi connectivity index (χ4n) is 3.41. The van der Waals surface area contributed by atoms with Crippen molar-refractivity contribution in [2.45, 2.75) is 5.03 Å². The van der Waals surface area contributed by atoms with Gasteiger partial charge < -0.3 is 29.2 Å². The van der Waals surface area contributed by atoms with E-state index in [1.165, 1.54) is 18.1 Å². The Hall–Kier alpha value is -3.66. The van der Waals surface area contributed by atoms with Gasteiger partial charge in [-0.1, -0.05) is 11.8 Å². The highest BCUT2D eigenvalue weighted by Crippen LogP contribution is 2.37. The van der Waals surface area contributed by atoms with E-state index in [2.05, 4.69) is 20.3 Å². The number of hydrogen-bond acceptors (Lipinski definition) is 8. The topological polar surface area (TPSA) is 108 Å². The third kappa shape index (κ3) is 3.55. The number of aromatic nitrogens is 3. The van der Waals surface area contributed by atoms with Crippen LogP contribution in [0, 0.1) is 0 Å². The van der Waals surface area contributed by atoms with E-state index < -0.39 is 0 Å². The number of carbonyl (C=O) groups excluding carboxylic acids is 1. The van der Waals surface area contributed by atoms with E-state index in [9.17, 15) is 4.79 Å². The van der Waals surface area contributed by atoms with Crippen molar-refractivity contribution in [1.29, 1.82) is 0 Å². The molecule has 0 unspecified atom stereocenters. The Morgan fingerprint density at radius 2 is 1.94 bits per heavy atom. The lowest BCUT2D eigenvalue weighted by molar-refractivity contribution is -0.113. The molecule has 1 aliphatic rings. The van der Waals surface area contributed by atoms with Crippen LogP contribution in [0.3, 0.4) is 0 Å². The number of carbonyl (C=O) groups is 1. The summed E-state index contributed by atoms with van der Waals surface area (Å²) in [5.41, 5.74) is 3.01. The molecule has 2 aromatic carbocycles. The first-order valence-corrected chi connectivity index (χ1v) is 10.4. The van der Waals surface area contributed by atoms with Crippen LogP contribution in [0.4, 0.5) is 5.69 Å². The zero-order chi connectivity index (χ0) is 21.4. The highest BCUT2D eigenvalue weighted by molar-refractivity contribution is 8.00. The number of rotatable bonds is 6. The molecule has 2 aromatic heterocycles. The highest BCUT2D eigenvalue weighted by Gasteiger charge is 2.17. The number of benzene rings is 2. The van der Waals surface area contributed by atoms with Crippen LogP contribution in [0.2, 0.25) is 0 Å². The molecule has 9 nitrogen and oxygen atoms in total. The summed E-state index contributed by atoms with van der Waals surface area (Å²) >= 11 is 1.33. The quantitative estimate of drug-likeness (QED) is 0.347. The first kappa shape index (κ1) is 19.3. The molecule has 0 saturated heterocycles. The lowest BCUT2D eigenvalue weighted by atomic mass is 10.2. The van der Waals surface area contributed by atoms with Gasteiger partial charge in [0.15, 0.2) is 23.0 Å². The first-order chi connectivity index (χ1) is 15.2. The fraction of sp³-hybridized carbons (Fsp3) is 0.190. The van der Waals surface area contributed by atoms with E-state index in [0.717, 1.165) is 21.9 Å². The number of aromatic amines is 1. The smallest absolute Gasteiger partial charge is 0.234 e. The fourth-order valence-corrected chi connectivity index (χ4v) is 4.17. The molecule has 0 atom stereocenters. The summed E-state index contributed by atoms with van der Waals surface area (Å²) in [5.74, 6) is 2.55. The Labute approximate surface area is 181 Å². The lowest BCUT2D eigenvalue weighted by Crippen LogP contribution is -2.14. The SMILES string of the molecule is COc1cc2[nH]c3c(SCC(=O)Nc4ccc5c(c4)OCO5)ncnc3c2cc1OC. The summed E-state index contributed by atoms with van der Waals surface area (Å²) in [6, 6.07) is 9.02. The van der Waals surface area contributed by atoms with Crippen LogP contribution >= 0.6 is 11.8 Å². The van der Waals surface area contributed by atoms with E-state index in [0.29, 0.717) is 33.7 Å². The van der Waals surface area contributed by atoms with Gasteiger partial charge in [-0.25, -0.2) is 9.97 Å². The number of methoxy groups -OCH3 is 2. The molecule has 1 aliphatic heterocycles. The molecule has 0 spiro atoms. The zero-order valence-corrected chi connectivity index (χ0v) is 17.5. The van der Waals surface area contributed by atoms with Crippen LogP contribution in [0.15, 0.2) is 41.7 Å². The first-order valence-electron chi connectivity index (χ1n) is 9.37. The Balaban J connectivity index is 1.37. The molecule has 1 amide bonds. The predicted octanol–water partition coefficient (Wildman–Crippen LogP) is 3.59. The molecule has 0 radical (unpaired) electrons. The van der Waals surface area contributed by atoms with Gasteiger partial charge in [0, 0.05) is 23.2 Å². The van der Waals surface area contributed by atoms with Crippen LogP contribution in [0.5, 0.6) is 23.0 Å². The largest absolute Gasteiger partial charge is 0.493 e. The normalized spacial score (nSPS) is 12.3. The van der Waals surface area contributed by atoms with E-state index in [4.69, 9.17) is 18.9 Å². The minimum Gasteiger partial charge on any atom is -0.493 e. The van der Waals surface area contributed by atoms with Gasteiger partial charge in [-0.05, 0) is 18.2 Å². The van der Waals surface area contributed by atoms with Gasteiger partial charge in [0.25, 0.3) is 0 Å². The average Bonchev–Trinajstić information content (AvgIpc) is 3.40. The average molecular weight is 438 g/mol. The van der Waals surface area contributed by atoms with Gasteiger partial charge in [0.1, 0.15) is 16.9 Å². The standard InChI is InChI=1S/C21H18N4O5S/c1-27-15-6-12-13(7-16(15)28-2)25-20-19(12)22-9-23-21(20)31-8-18(26)24-11-3-4-14-17(5-11)30-10-29-14/h3-7,9,25H,8,10H2,1-2H3,(H,24,26). The summed E-state index contributed by atoms with van der Waals surface area (Å²) in [7, 11) is 3.18. The summed E-state index contributed by atoms with van der Waals surface area (Å²) in [4.78, 5) is 24.6. The second kappa shape index (κ2) is 7.88. The predicted molar refractivity (Wildman–Crippen MR) is 116 cm³/mol. The van der Waals surface area contributed by atoms with Gasteiger partial charge >= 0.3 is 0 Å². The van der Waals surface area contributed by atoms with Crippen molar-refractivity contribution in [2.24, 2.45) is 0 Å². The number of hydrogen-bond donors (Lipinski definition) is 2. The molecule has 158 valence electrons. The van der Waals surface area contributed by atoms with Crippen molar-refractivity contribution in [3.8, 4) is 23.0 Å². The van der Waals surface area contributed by atoms with Crippen LogP contribution in [0.25, 0.3) is 21.9 Å². The molecule has 4 aromatic rings. The Bertz CT molecular complexity index is 1310. The van der Waals surface area contributed by atoms with Crippen LogP contribution in [-0.2, 0) is 4.79 Å². The van der Waals surface area contributed by atoms with Crippen LogP contribution < -0.4 is 24.3 Å². The molecule has 0 saturated carbocycles. The van der Waals surface area contributed by atoms with Gasteiger partial charge in [-0.2, -0.15) is 0 Å². The van der Waals surface area contributed by atoms with Crippen molar-refractivity contribution < 1.29 is 23.7 Å². The number of fused-ring (bicyclic) bond motifs is 4. The van der Waals surface area contributed by atoms with Crippen molar-refractivity contribution in [1.82, 2.24) is 15.0 Å². The van der Waals surface area contributed by atoms with Gasteiger partial charge in [-0.3, -0.25) is 4.79 Å². The maximum absolute atomic E-state index is 12.5. The third-order valence-corrected chi connectivity index (χ3v) is 5.84. The molecular formula is C21H18N4O5S. The van der Waals surface area contributed by atoms with Crippen LogP contribution in [-0.4, -0.2) is 47.6 Å². The van der Waals surface area contributed by atoms with Gasteiger partial charge in [0.05, 0.1) is 31.0 Å². The van der Waals surface area contributed by atoms with E-state index in [1.54, 1.807) is 32.4 Å². The minimum absolute atomic E-state index is 0.157. The molecule has 31 heavy (non-hydrogen) atoms. The van der Waals surface area contributed by atoms with E-state index in [1.807, 2.05) is 12.1 Å². The molecule has 3 heterocycles. The molecule has 10 heteroatoms. The maximum Gasteiger partial charge on any atom is 0.234 e. The molecule has 2 N–H and O–H groups in total. The summed E-state index contributed by atoms with van der Waals surface area (Å²) in [6.07, 6.45) is 1.49. The monoisotopic (exact) mass is 438 g/mol. The third-order valence-electron chi connectivity index (χ3n) is 4.85. The number of anilines is 1. The summed E-state index contributed by atoms with van der Waals surface area (Å²) in [6.45, 7) is 0.189. The molecule has 0 aliphatic carbocycles. The number of ether oxygens (including phenoxy) is 4. The minimum atomic E-state index is -0.157. The highest BCUT2D eigenvalue weighted by atomic mass is 32.2. The zero-order valence-electron chi connectivity index (χ0n) is 16.7.